The maximum absolute atomic E-state index is 5.65. The molecule has 2 aromatic heterocycles. The fourth-order valence-electron chi connectivity index (χ4n) is 1.71. The average molecular weight is 271 g/mol. The van der Waals surface area contributed by atoms with E-state index in [4.69, 9.17) is 10.5 Å². The SMILES string of the molecule is Nc1ccc(OCc2cc(-c3cccs3)n[nH]2)cc1. The van der Waals surface area contributed by atoms with Gasteiger partial charge in [-0.2, -0.15) is 5.10 Å². The smallest absolute Gasteiger partial charge is 0.130 e. The minimum absolute atomic E-state index is 0.461. The van der Waals surface area contributed by atoms with Crippen molar-refractivity contribution in [3.63, 3.8) is 0 Å². The molecule has 4 nitrogen and oxygen atoms in total. The van der Waals surface area contributed by atoms with E-state index in [0.29, 0.717) is 6.61 Å². The molecule has 0 fully saturated rings. The Labute approximate surface area is 114 Å². The molecule has 0 spiro atoms. The van der Waals surface area contributed by atoms with Crippen molar-refractivity contribution < 1.29 is 4.74 Å². The van der Waals surface area contributed by atoms with Gasteiger partial charge in [0.05, 0.1) is 10.6 Å². The minimum Gasteiger partial charge on any atom is -0.487 e. The first kappa shape index (κ1) is 11.8. The number of nitrogens with zero attached hydrogens (tertiary/aromatic N) is 1. The molecule has 5 heteroatoms. The summed E-state index contributed by atoms with van der Waals surface area (Å²) in [6, 6.07) is 13.4. The van der Waals surface area contributed by atoms with Crippen molar-refractivity contribution in [3.05, 3.63) is 53.5 Å². The molecule has 0 aliphatic rings. The lowest BCUT2D eigenvalue weighted by molar-refractivity contribution is 0.301. The van der Waals surface area contributed by atoms with Crippen LogP contribution in [0.25, 0.3) is 10.6 Å². The second-order valence-corrected chi connectivity index (χ2v) is 5.06. The number of nitrogen functional groups attached to an aromatic ring is 1. The lowest BCUT2D eigenvalue weighted by Gasteiger charge is -2.04. The van der Waals surface area contributed by atoms with E-state index in [1.165, 1.54) is 0 Å². The Morgan fingerprint density at radius 3 is 2.79 bits per heavy atom. The van der Waals surface area contributed by atoms with Crippen molar-refractivity contribution in [3.8, 4) is 16.3 Å². The van der Waals surface area contributed by atoms with Crippen LogP contribution < -0.4 is 10.5 Å². The molecule has 0 bridgehead atoms. The van der Waals surface area contributed by atoms with E-state index in [1.54, 1.807) is 11.3 Å². The van der Waals surface area contributed by atoms with Crippen LogP contribution in [0.1, 0.15) is 5.69 Å². The normalized spacial score (nSPS) is 10.5. The fraction of sp³-hybridized carbons (Fsp3) is 0.0714. The molecule has 0 atom stereocenters. The second-order valence-electron chi connectivity index (χ2n) is 4.11. The first-order valence-corrected chi connectivity index (χ1v) is 6.76. The Kier molecular flexibility index (Phi) is 3.20. The summed E-state index contributed by atoms with van der Waals surface area (Å²) in [6.07, 6.45) is 0. The summed E-state index contributed by atoms with van der Waals surface area (Å²) in [7, 11) is 0. The van der Waals surface area contributed by atoms with E-state index in [1.807, 2.05) is 47.8 Å². The molecule has 0 amide bonds. The van der Waals surface area contributed by atoms with Gasteiger partial charge in [0.15, 0.2) is 0 Å². The van der Waals surface area contributed by atoms with Crippen molar-refractivity contribution >= 4 is 17.0 Å². The van der Waals surface area contributed by atoms with E-state index >= 15 is 0 Å². The van der Waals surface area contributed by atoms with Gasteiger partial charge in [-0.15, -0.1) is 11.3 Å². The molecular weight excluding hydrogens is 258 g/mol. The number of ether oxygens (including phenoxy) is 1. The molecule has 2 heterocycles. The summed E-state index contributed by atoms with van der Waals surface area (Å²) in [6.45, 7) is 0.461. The van der Waals surface area contributed by atoms with Gasteiger partial charge in [0, 0.05) is 5.69 Å². The van der Waals surface area contributed by atoms with Crippen molar-refractivity contribution in [2.24, 2.45) is 0 Å². The van der Waals surface area contributed by atoms with Crippen LogP contribution in [0.4, 0.5) is 5.69 Å². The van der Waals surface area contributed by atoms with Crippen LogP contribution in [0.5, 0.6) is 5.75 Å². The van der Waals surface area contributed by atoms with Crippen LogP contribution in [-0.4, -0.2) is 10.2 Å². The van der Waals surface area contributed by atoms with Gasteiger partial charge in [0.25, 0.3) is 0 Å². The highest BCUT2D eigenvalue weighted by Crippen LogP contribution is 2.23. The van der Waals surface area contributed by atoms with Gasteiger partial charge < -0.3 is 10.5 Å². The molecule has 19 heavy (non-hydrogen) atoms. The number of nitrogens with two attached hydrogens (primary N) is 1. The van der Waals surface area contributed by atoms with Gasteiger partial charge in [0.1, 0.15) is 18.1 Å². The van der Waals surface area contributed by atoms with E-state index in [0.717, 1.165) is 27.7 Å². The standard InChI is InChI=1S/C14H13N3OS/c15-10-3-5-12(6-4-10)18-9-11-8-13(17-16-11)14-2-1-7-19-14/h1-8H,9,15H2,(H,16,17). The molecule has 3 aromatic rings. The molecule has 0 unspecified atom stereocenters. The monoisotopic (exact) mass is 271 g/mol. The molecule has 0 radical (unpaired) electrons. The van der Waals surface area contributed by atoms with Crippen molar-refractivity contribution in [1.29, 1.82) is 0 Å². The Hall–Kier alpha value is -2.27. The van der Waals surface area contributed by atoms with Gasteiger partial charge in [-0.3, -0.25) is 5.10 Å². The number of thiophene rings is 1. The van der Waals surface area contributed by atoms with Gasteiger partial charge in [0.2, 0.25) is 0 Å². The number of nitrogens with one attached hydrogen (secondary N) is 1. The molecular formula is C14H13N3OS. The molecule has 3 N–H and O–H groups in total. The molecule has 1 aromatic carbocycles. The number of hydrogen-bond acceptors (Lipinski definition) is 4. The van der Waals surface area contributed by atoms with Gasteiger partial charge in [-0.25, -0.2) is 0 Å². The summed E-state index contributed by atoms with van der Waals surface area (Å²) in [4.78, 5) is 1.15. The number of aromatic nitrogens is 2. The zero-order valence-electron chi connectivity index (χ0n) is 10.2. The van der Waals surface area contributed by atoms with Gasteiger partial charge >= 0.3 is 0 Å². The number of anilines is 1. The molecule has 0 saturated carbocycles. The summed E-state index contributed by atoms with van der Waals surface area (Å²) < 4.78 is 5.65. The van der Waals surface area contributed by atoms with Crippen LogP contribution in [0.2, 0.25) is 0 Å². The third-order valence-electron chi connectivity index (χ3n) is 2.68. The lowest BCUT2D eigenvalue weighted by atomic mass is 10.3. The lowest BCUT2D eigenvalue weighted by Crippen LogP contribution is -1.95. The van der Waals surface area contributed by atoms with Crippen LogP contribution in [0.15, 0.2) is 47.8 Å². The van der Waals surface area contributed by atoms with Crippen LogP contribution in [0.3, 0.4) is 0 Å². The minimum atomic E-state index is 0.461. The van der Waals surface area contributed by atoms with E-state index in [9.17, 15) is 0 Å². The van der Waals surface area contributed by atoms with Crippen LogP contribution in [-0.2, 0) is 6.61 Å². The molecule has 0 saturated heterocycles. The molecule has 0 aliphatic carbocycles. The van der Waals surface area contributed by atoms with E-state index in [-0.39, 0.29) is 0 Å². The van der Waals surface area contributed by atoms with Crippen molar-refractivity contribution in [1.82, 2.24) is 10.2 Å². The largest absolute Gasteiger partial charge is 0.487 e. The van der Waals surface area contributed by atoms with Crippen LogP contribution in [0, 0.1) is 0 Å². The van der Waals surface area contributed by atoms with E-state index in [2.05, 4.69) is 10.2 Å². The van der Waals surface area contributed by atoms with Crippen LogP contribution >= 0.6 is 11.3 Å². The summed E-state index contributed by atoms with van der Waals surface area (Å²) in [5, 5.41) is 9.29. The first-order valence-electron chi connectivity index (χ1n) is 5.88. The van der Waals surface area contributed by atoms with Crippen molar-refractivity contribution in [2.75, 3.05) is 5.73 Å². The fourth-order valence-corrected chi connectivity index (χ4v) is 2.40. The molecule has 0 aliphatic heterocycles. The average Bonchev–Trinajstić information content (AvgIpc) is 3.09. The Morgan fingerprint density at radius 1 is 1.21 bits per heavy atom. The number of aromatic amines is 1. The zero-order valence-corrected chi connectivity index (χ0v) is 11.0. The summed E-state index contributed by atoms with van der Waals surface area (Å²) in [5.74, 6) is 0.793. The molecule has 96 valence electrons. The third-order valence-corrected chi connectivity index (χ3v) is 3.57. The summed E-state index contributed by atoms with van der Waals surface area (Å²) >= 11 is 1.67. The van der Waals surface area contributed by atoms with Gasteiger partial charge in [-0.1, -0.05) is 6.07 Å². The zero-order chi connectivity index (χ0) is 13.1. The number of hydrogen-bond donors (Lipinski definition) is 2. The summed E-state index contributed by atoms with van der Waals surface area (Å²) in [5.41, 5.74) is 8.25. The van der Waals surface area contributed by atoms with Crippen molar-refractivity contribution in [2.45, 2.75) is 6.61 Å². The molecule has 3 rings (SSSR count). The van der Waals surface area contributed by atoms with Gasteiger partial charge in [-0.05, 0) is 41.8 Å². The quantitative estimate of drug-likeness (QED) is 0.716. The second kappa shape index (κ2) is 5.16. The highest BCUT2D eigenvalue weighted by atomic mass is 32.1. The third kappa shape index (κ3) is 2.77. The van der Waals surface area contributed by atoms with E-state index < -0.39 is 0 Å². The Morgan fingerprint density at radius 2 is 2.05 bits per heavy atom. The number of H-pyrrole nitrogens is 1. The topological polar surface area (TPSA) is 63.9 Å². The number of rotatable bonds is 4. The first-order chi connectivity index (χ1) is 9.31. The highest BCUT2D eigenvalue weighted by molar-refractivity contribution is 7.13. The Balaban J connectivity index is 1.66. The maximum Gasteiger partial charge on any atom is 0.130 e. The Bertz CT molecular complexity index is 644. The predicted molar refractivity (Wildman–Crippen MR) is 77.1 cm³/mol. The highest BCUT2D eigenvalue weighted by Gasteiger charge is 2.05. The predicted octanol–water partition coefficient (Wildman–Crippen LogP) is 3.30. The maximum atomic E-state index is 5.65. The number of benzene rings is 1.